The molecule has 1 heterocycles. The van der Waals surface area contributed by atoms with E-state index in [1.165, 1.54) is 0 Å². The summed E-state index contributed by atoms with van der Waals surface area (Å²) in [6.07, 6.45) is -1.12. The van der Waals surface area contributed by atoms with Crippen molar-refractivity contribution in [2.24, 2.45) is 0 Å². The SMILES string of the molecule is O=C([O-])n1ss1.[Na+]. The van der Waals surface area contributed by atoms with Crippen molar-refractivity contribution in [2.45, 2.75) is 0 Å². The van der Waals surface area contributed by atoms with Crippen molar-refractivity contribution in [1.82, 2.24) is 3.35 Å². The van der Waals surface area contributed by atoms with Crippen molar-refractivity contribution >= 4 is 27.2 Å². The Bertz CT molecular complexity index is 133. The fourth-order valence-electron chi connectivity index (χ4n) is 0.0775. The third kappa shape index (κ3) is 2.50. The van der Waals surface area contributed by atoms with E-state index in [4.69, 9.17) is 0 Å². The zero-order valence-electron chi connectivity index (χ0n) is 3.58. The first-order valence-electron chi connectivity index (χ1n) is 1.16. The predicted octanol–water partition coefficient (Wildman–Crippen LogP) is -3.19. The molecule has 0 N–H and O–H groups in total. The molecule has 0 bridgehead atoms. The third-order valence-electron chi connectivity index (χ3n) is 0.298. The van der Waals surface area contributed by atoms with E-state index in [9.17, 15) is 9.90 Å². The van der Waals surface area contributed by atoms with E-state index in [1.807, 2.05) is 0 Å². The van der Waals surface area contributed by atoms with Crippen molar-refractivity contribution in [3.63, 3.8) is 0 Å². The first kappa shape index (κ1) is 7.71. The van der Waals surface area contributed by atoms with E-state index in [-0.39, 0.29) is 29.6 Å². The minimum Gasteiger partial charge on any atom is -0.528 e. The quantitative estimate of drug-likeness (QED) is 0.285. The molecule has 0 aliphatic carbocycles. The van der Waals surface area contributed by atoms with Crippen LogP contribution in [0, 0.1) is 0 Å². The summed E-state index contributed by atoms with van der Waals surface area (Å²) in [5, 5.41) is 9.53. The number of carbonyl (C=O) groups is 1. The van der Waals surface area contributed by atoms with Crippen LogP contribution in [0.5, 0.6) is 0 Å². The molecule has 6 heteroatoms. The molecule has 7 heavy (non-hydrogen) atoms. The number of carbonyl (C=O) groups excluding carboxylic acids is 1. The van der Waals surface area contributed by atoms with Crippen molar-refractivity contribution in [3.8, 4) is 0 Å². The Kier molecular flexibility index (Phi) is 3.18. The van der Waals surface area contributed by atoms with E-state index in [0.717, 1.165) is 24.4 Å². The van der Waals surface area contributed by atoms with Crippen molar-refractivity contribution in [2.75, 3.05) is 0 Å². The fourth-order valence-corrected chi connectivity index (χ4v) is 0.698. The van der Waals surface area contributed by atoms with Gasteiger partial charge in [0, 0.05) is 21.1 Å². The van der Waals surface area contributed by atoms with Crippen molar-refractivity contribution in [3.05, 3.63) is 0 Å². The number of nitrogens with zero attached hydrogens (tertiary/aromatic N) is 1. The molecule has 0 aromatic carbocycles. The average Bonchev–Trinajstić information content (AvgIpc) is 2.06. The van der Waals surface area contributed by atoms with Crippen LogP contribution in [0.3, 0.4) is 0 Å². The Balaban J connectivity index is 0.000000360. The van der Waals surface area contributed by atoms with Crippen LogP contribution in [0.2, 0.25) is 0 Å². The van der Waals surface area contributed by atoms with Gasteiger partial charge in [0.05, 0.1) is 0 Å². The smallest absolute Gasteiger partial charge is 0.528 e. The van der Waals surface area contributed by atoms with Gasteiger partial charge in [-0.1, -0.05) is 0 Å². The molecule has 0 amide bonds. The van der Waals surface area contributed by atoms with Gasteiger partial charge in [-0.15, -0.1) is 0 Å². The van der Waals surface area contributed by atoms with Crippen LogP contribution >= 0.6 is 21.1 Å². The van der Waals surface area contributed by atoms with Crippen molar-refractivity contribution < 1.29 is 39.5 Å². The molecule has 0 saturated carbocycles. The van der Waals surface area contributed by atoms with Crippen LogP contribution in [-0.4, -0.2) is 9.44 Å². The van der Waals surface area contributed by atoms with Gasteiger partial charge in [-0.3, -0.25) is 0 Å². The van der Waals surface area contributed by atoms with Crippen LogP contribution in [0.4, 0.5) is 4.79 Å². The Hall–Kier alpha value is 0.710. The summed E-state index contributed by atoms with van der Waals surface area (Å²) in [5.41, 5.74) is 0. The van der Waals surface area contributed by atoms with Crippen LogP contribution in [0.25, 0.3) is 0 Å². The molecule has 34 valence electrons. The van der Waals surface area contributed by atoms with E-state index in [2.05, 4.69) is 0 Å². The maximum absolute atomic E-state index is 9.53. The maximum atomic E-state index is 9.53. The van der Waals surface area contributed by atoms with Gasteiger partial charge in [0.15, 0.2) is 6.09 Å². The van der Waals surface area contributed by atoms with Gasteiger partial charge >= 0.3 is 29.6 Å². The summed E-state index contributed by atoms with van der Waals surface area (Å²) >= 11 is 0. The van der Waals surface area contributed by atoms with E-state index in [1.54, 1.807) is 0 Å². The topological polar surface area (TPSA) is 45.1 Å². The monoisotopic (exact) mass is 145 g/mol. The summed E-state index contributed by atoms with van der Waals surface area (Å²) in [7, 11) is 2.33. The largest absolute Gasteiger partial charge is 1.00 e. The van der Waals surface area contributed by atoms with Gasteiger partial charge in [0.1, 0.15) is 0 Å². The standard InChI is InChI=1S/CHNO2S2.Na/c3-1(4)2-5-6-2;/h(H,3,4);/q;+1/p-1. The van der Waals surface area contributed by atoms with E-state index in [0.29, 0.717) is 0 Å². The molecule has 0 saturated heterocycles. The van der Waals surface area contributed by atoms with E-state index >= 15 is 0 Å². The second-order valence-electron chi connectivity index (χ2n) is 0.672. The number of hydrogen-bond donors (Lipinski definition) is 0. The second-order valence-corrected chi connectivity index (χ2v) is 2.83. The number of aromatic nitrogens is 1. The van der Waals surface area contributed by atoms with Gasteiger partial charge < -0.3 is 9.90 Å². The van der Waals surface area contributed by atoms with Crippen LogP contribution in [0.15, 0.2) is 0 Å². The van der Waals surface area contributed by atoms with Crippen LogP contribution in [0.1, 0.15) is 0 Å². The molecule has 0 radical (unpaired) electrons. The molecular formula is CNNaO2S2. The van der Waals surface area contributed by atoms with Crippen molar-refractivity contribution in [1.29, 1.82) is 0 Å². The summed E-state index contributed by atoms with van der Waals surface area (Å²) in [4.78, 5) is 9.53. The van der Waals surface area contributed by atoms with E-state index < -0.39 is 6.09 Å². The first-order valence-corrected chi connectivity index (χ1v) is 3.23. The molecule has 0 aliphatic heterocycles. The molecule has 1 aromatic heterocycles. The maximum Gasteiger partial charge on any atom is 1.00 e. The summed E-state index contributed by atoms with van der Waals surface area (Å²) < 4.78 is 1.06. The molecule has 3 nitrogen and oxygen atoms in total. The summed E-state index contributed by atoms with van der Waals surface area (Å²) in [6, 6.07) is 0. The van der Waals surface area contributed by atoms with Gasteiger partial charge in [-0.05, 0) is 0 Å². The molecular weight excluding hydrogens is 145 g/mol. The molecule has 0 unspecified atom stereocenters. The average molecular weight is 145 g/mol. The zero-order valence-corrected chi connectivity index (χ0v) is 7.21. The number of carboxylic acid groups (broad SMARTS) is 1. The first-order chi connectivity index (χ1) is 2.80. The summed E-state index contributed by atoms with van der Waals surface area (Å²) in [5.74, 6) is 0. The molecule has 0 atom stereocenters. The Morgan fingerprint density at radius 2 is 2.00 bits per heavy atom. The Morgan fingerprint density at radius 1 is 1.57 bits per heavy atom. The minimum absolute atomic E-state index is 0. The van der Waals surface area contributed by atoms with Crippen LogP contribution < -0.4 is 34.7 Å². The normalized spacial score (nSPS) is 8.00. The zero-order chi connectivity index (χ0) is 4.57. The summed E-state index contributed by atoms with van der Waals surface area (Å²) in [6.45, 7) is 0. The molecule has 1 rings (SSSR count). The second kappa shape index (κ2) is 2.88. The molecule has 0 aliphatic rings. The Morgan fingerprint density at radius 3 is 2.00 bits per heavy atom. The molecule has 0 spiro atoms. The minimum atomic E-state index is -1.12. The molecule has 0 fully saturated rings. The van der Waals surface area contributed by atoms with Gasteiger partial charge in [-0.2, -0.15) is 3.35 Å². The van der Waals surface area contributed by atoms with Gasteiger partial charge in [-0.25, -0.2) is 0 Å². The Labute approximate surface area is 69.5 Å². The predicted molar refractivity (Wildman–Crippen MR) is 21.0 cm³/mol. The third-order valence-corrected chi connectivity index (χ3v) is 1.79. The number of rotatable bonds is 0. The van der Waals surface area contributed by atoms with Gasteiger partial charge in [0.25, 0.3) is 0 Å². The fraction of sp³-hybridized carbons (Fsp3) is 0. The number of hydrogen-bond acceptors (Lipinski definition) is 4. The van der Waals surface area contributed by atoms with Gasteiger partial charge in [0.2, 0.25) is 0 Å². The van der Waals surface area contributed by atoms with Crippen LogP contribution in [-0.2, 0) is 0 Å². The molecule has 1 aromatic rings.